The van der Waals surface area contributed by atoms with Gasteiger partial charge in [0, 0.05) is 13.2 Å². The zero-order valence-corrected chi connectivity index (χ0v) is 20.8. The lowest BCUT2D eigenvalue weighted by molar-refractivity contribution is -0.114. The third-order valence-corrected chi connectivity index (χ3v) is 7.69. The van der Waals surface area contributed by atoms with Crippen LogP contribution in [0.3, 0.4) is 0 Å². The van der Waals surface area contributed by atoms with Gasteiger partial charge < -0.3 is 15.4 Å². The number of rotatable bonds is 9. The molecule has 1 heterocycles. The van der Waals surface area contributed by atoms with Gasteiger partial charge in [-0.3, -0.25) is 13.9 Å². The summed E-state index contributed by atoms with van der Waals surface area (Å²) in [5.74, 6) is -0.914. The fraction of sp³-hybridized carbons (Fsp3) is 0.259. The average molecular weight is 508 g/mol. The number of para-hydroxylation sites is 1. The number of anilines is 2. The van der Waals surface area contributed by atoms with Crippen molar-refractivity contribution in [2.24, 2.45) is 0 Å². The van der Waals surface area contributed by atoms with Crippen molar-refractivity contribution in [1.29, 1.82) is 0 Å². The molecule has 1 aliphatic rings. The molecule has 3 aromatic carbocycles. The van der Waals surface area contributed by atoms with Crippen molar-refractivity contribution in [3.05, 3.63) is 90.0 Å². The minimum absolute atomic E-state index is 0.0121. The minimum Gasteiger partial charge on any atom is -0.376 e. The third-order valence-electron chi connectivity index (χ3n) is 5.90. The summed E-state index contributed by atoms with van der Waals surface area (Å²) in [6.07, 6.45) is 1.85. The van der Waals surface area contributed by atoms with Gasteiger partial charge in [0.1, 0.15) is 6.54 Å². The molecule has 188 valence electrons. The van der Waals surface area contributed by atoms with Gasteiger partial charge in [0.05, 0.1) is 27.9 Å². The Morgan fingerprint density at radius 3 is 2.36 bits per heavy atom. The number of carbonyl (C=O) groups is 2. The van der Waals surface area contributed by atoms with E-state index in [-0.39, 0.29) is 22.5 Å². The van der Waals surface area contributed by atoms with Gasteiger partial charge in [-0.15, -0.1) is 0 Å². The van der Waals surface area contributed by atoms with Gasteiger partial charge in [-0.05, 0) is 56.2 Å². The van der Waals surface area contributed by atoms with E-state index < -0.39 is 22.5 Å². The predicted octanol–water partition coefficient (Wildman–Crippen LogP) is 3.74. The summed E-state index contributed by atoms with van der Waals surface area (Å²) in [5.41, 5.74) is 1.91. The molecule has 9 heteroatoms. The number of aryl methyl sites for hydroxylation is 1. The van der Waals surface area contributed by atoms with Crippen LogP contribution in [0.2, 0.25) is 0 Å². The van der Waals surface area contributed by atoms with Crippen molar-refractivity contribution in [3.63, 3.8) is 0 Å². The Morgan fingerprint density at radius 2 is 1.67 bits per heavy atom. The van der Waals surface area contributed by atoms with Crippen molar-refractivity contribution in [2.75, 3.05) is 29.3 Å². The Balaban J connectivity index is 1.54. The summed E-state index contributed by atoms with van der Waals surface area (Å²) in [7, 11) is -4.02. The molecular formula is C27H29N3O5S. The summed E-state index contributed by atoms with van der Waals surface area (Å²) in [5, 5.41) is 5.57. The molecule has 0 saturated carbocycles. The standard InChI is InChI=1S/C27H29N3O5S/c1-20-13-15-21(16-14-20)30(36(33,34)23-9-3-2-4-10-23)19-26(31)29-25-12-6-5-11-24(25)27(32)28-18-22-8-7-17-35-22/h2-6,9-16,22H,7-8,17-19H2,1H3,(H,28,32)(H,29,31)/t22-/m1/s1. The van der Waals surface area contributed by atoms with Crippen LogP contribution < -0.4 is 14.9 Å². The highest BCUT2D eigenvalue weighted by Gasteiger charge is 2.27. The quantitative estimate of drug-likeness (QED) is 0.459. The van der Waals surface area contributed by atoms with Crippen LogP contribution in [0, 0.1) is 6.92 Å². The van der Waals surface area contributed by atoms with Gasteiger partial charge in [0.15, 0.2) is 0 Å². The van der Waals surface area contributed by atoms with E-state index in [1.807, 2.05) is 6.92 Å². The molecule has 1 aliphatic heterocycles. The molecule has 2 amide bonds. The number of benzene rings is 3. The van der Waals surface area contributed by atoms with E-state index in [0.29, 0.717) is 24.5 Å². The molecule has 2 N–H and O–H groups in total. The maximum Gasteiger partial charge on any atom is 0.264 e. The van der Waals surface area contributed by atoms with Gasteiger partial charge >= 0.3 is 0 Å². The molecule has 1 fully saturated rings. The van der Waals surface area contributed by atoms with Crippen LogP contribution in [-0.2, 0) is 19.6 Å². The predicted molar refractivity (Wildman–Crippen MR) is 139 cm³/mol. The SMILES string of the molecule is Cc1ccc(N(CC(=O)Nc2ccccc2C(=O)NC[C@H]2CCCO2)S(=O)(=O)c2ccccc2)cc1. The van der Waals surface area contributed by atoms with Crippen molar-refractivity contribution in [2.45, 2.75) is 30.8 Å². The average Bonchev–Trinajstić information content (AvgIpc) is 3.41. The first-order valence-corrected chi connectivity index (χ1v) is 13.2. The van der Waals surface area contributed by atoms with Gasteiger partial charge in [0.25, 0.3) is 15.9 Å². The topological polar surface area (TPSA) is 105 Å². The van der Waals surface area contributed by atoms with Crippen LogP contribution in [0.15, 0.2) is 83.8 Å². The molecule has 1 saturated heterocycles. The second kappa shape index (κ2) is 11.4. The van der Waals surface area contributed by atoms with Gasteiger partial charge in [-0.2, -0.15) is 0 Å². The summed E-state index contributed by atoms with van der Waals surface area (Å²) in [6, 6.07) is 21.5. The zero-order valence-electron chi connectivity index (χ0n) is 20.0. The van der Waals surface area contributed by atoms with Gasteiger partial charge in [-0.25, -0.2) is 8.42 Å². The molecule has 1 atom stereocenters. The number of hydrogen-bond donors (Lipinski definition) is 2. The Labute approximate surface area is 211 Å². The summed E-state index contributed by atoms with van der Waals surface area (Å²) >= 11 is 0. The number of nitrogens with zero attached hydrogens (tertiary/aromatic N) is 1. The lowest BCUT2D eigenvalue weighted by Gasteiger charge is -2.24. The Hall–Kier alpha value is -3.69. The highest BCUT2D eigenvalue weighted by Crippen LogP contribution is 2.24. The van der Waals surface area contributed by atoms with Crippen LogP contribution in [0.5, 0.6) is 0 Å². The van der Waals surface area contributed by atoms with Crippen molar-refractivity contribution in [1.82, 2.24) is 5.32 Å². The normalized spacial score (nSPS) is 15.3. The molecule has 0 aromatic heterocycles. The van der Waals surface area contributed by atoms with Crippen LogP contribution >= 0.6 is 0 Å². The second-order valence-electron chi connectivity index (χ2n) is 8.60. The first kappa shape index (κ1) is 25.4. The van der Waals surface area contributed by atoms with Crippen LogP contribution in [0.4, 0.5) is 11.4 Å². The lowest BCUT2D eigenvalue weighted by atomic mass is 10.1. The Bertz CT molecular complexity index is 1300. The fourth-order valence-corrected chi connectivity index (χ4v) is 5.41. The molecule has 3 aromatic rings. The maximum atomic E-state index is 13.5. The van der Waals surface area contributed by atoms with E-state index in [9.17, 15) is 18.0 Å². The van der Waals surface area contributed by atoms with Crippen molar-refractivity contribution >= 4 is 33.2 Å². The first-order valence-electron chi connectivity index (χ1n) is 11.8. The molecule has 0 unspecified atom stereocenters. The molecule has 0 radical (unpaired) electrons. The number of ether oxygens (including phenoxy) is 1. The highest BCUT2D eigenvalue weighted by molar-refractivity contribution is 7.92. The van der Waals surface area contributed by atoms with E-state index in [1.165, 1.54) is 12.1 Å². The number of nitrogens with one attached hydrogen (secondary N) is 2. The third kappa shape index (κ3) is 6.10. The fourth-order valence-electron chi connectivity index (χ4n) is 3.96. The Kier molecular flexibility index (Phi) is 8.02. The molecule has 8 nitrogen and oxygen atoms in total. The number of amides is 2. The Morgan fingerprint density at radius 1 is 0.972 bits per heavy atom. The van der Waals surface area contributed by atoms with Crippen LogP contribution in [0.1, 0.15) is 28.8 Å². The number of sulfonamides is 1. The first-order chi connectivity index (χ1) is 17.3. The van der Waals surface area contributed by atoms with Crippen molar-refractivity contribution in [3.8, 4) is 0 Å². The van der Waals surface area contributed by atoms with E-state index in [0.717, 1.165) is 22.7 Å². The van der Waals surface area contributed by atoms with Gasteiger partial charge in [0.2, 0.25) is 5.91 Å². The van der Waals surface area contributed by atoms with E-state index >= 15 is 0 Å². The number of carbonyl (C=O) groups excluding carboxylic acids is 2. The van der Waals surface area contributed by atoms with E-state index in [2.05, 4.69) is 10.6 Å². The highest BCUT2D eigenvalue weighted by atomic mass is 32.2. The molecule has 4 rings (SSSR count). The molecule has 0 spiro atoms. The molecule has 0 bridgehead atoms. The lowest BCUT2D eigenvalue weighted by Crippen LogP contribution is -2.38. The zero-order chi connectivity index (χ0) is 25.5. The maximum absolute atomic E-state index is 13.5. The van der Waals surface area contributed by atoms with E-state index in [4.69, 9.17) is 4.74 Å². The minimum atomic E-state index is -4.02. The van der Waals surface area contributed by atoms with Gasteiger partial charge in [-0.1, -0.05) is 48.0 Å². The number of hydrogen-bond acceptors (Lipinski definition) is 5. The molecule has 0 aliphatic carbocycles. The molecular weight excluding hydrogens is 478 g/mol. The largest absolute Gasteiger partial charge is 0.376 e. The van der Waals surface area contributed by atoms with Crippen LogP contribution in [-0.4, -0.2) is 46.0 Å². The summed E-state index contributed by atoms with van der Waals surface area (Å²) in [6.45, 7) is 2.51. The smallest absolute Gasteiger partial charge is 0.264 e. The van der Waals surface area contributed by atoms with Crippen molar-refractivity contribution < 1.29 is 22.7 Å². The monoisotopic (exact) mass is 507 g/mol. The second-order valence-corrected chi connectivity index (χ2v) is 10.5. The van der Waals surface area contributed by atoms with E-state index in [1.54, 1.807) is 66.7 Å². The molecule has 36 heavy (non-hydrogen) atoms. The van der Waals surface area contributed by atoms with Crippen LogP contribution in [0.25, 0.3) is 0 Å². The summed E-state index contributed by atoms with van der Waals surface area (Å²) < 4.78 is 33.5. The summed E-state index contributed by atoms with van der Waals surface area (Å²) in [4.78, 5) is 26.0.